The fraction of sp³-hybridized carbons (Fsp3) is 0.238. The SMILES string of the molecule is COc1cc(Nc2ncnc(NC(=O)NCCc3ccccc3)n2)cc(OC)c1OC. The Morgan fingerprint density at radius 1 is 0.935 bits per heavy atom. The minimum atomic E-state index is -0.402. The monoisotopic (exact) mass is 424 g/mol. The molecule has 0 saturated carbocycles. The summed E-state index contributed by atoms with van der Waals surface area (Å²) in [6.07, 6.45) is 2.02. The highest BCUT2D eigenvalue weighted by atomic mass is 16.5. The lowest BCUT2D eigenvalue weighted by atomic mass is 10.1. The first kappa shape index (κ1) is 21.6. The number of nitrogens with zero attached hydrogens (tertiary/aromatic N) is 3. The van der Waals surface area contributed by atoms with Gasteiger partial charge in [0.15, 0.2) is 11.5 Å². The van der Waals surface area contributed by atoms with E-state index in [2.05, 4.69) is 30.9 Å². The number of anilines is 3. The van der Waals surface area contributed by atoms with Crippen LogP contribution in [0.5, 0.6) is 17.2 Å². The highest BCUT2D eigenvalue weighted by molar-refractivity contribution is 5.87. The van der Waals surface area contributed by atoms with Crippen molar-refractivity contribution in [3.63, 3.8) is 0 Å². The second kappa shape index (κ2) is 10.6. The lowest BCUT2D eigenvalue weighted by molar-refractivity contribution is 0.252. The van der Waals surface area contributed by atoms with Crippen molar-refractivity contribution < 1.29 is 19.0 Å². The van der Waals surface area contributed by atoms with E-state index in [0.717, 1.165) is 12.0 Å². The minimum Gasteiger partial charge on any atom is -0.493 e. The Balaban J connectivity index is 1.62. The van der Waals surface area contributed by atoms with Crippen LogP contribution in [-0.2, 0) is 6.42 Å². The largest absolute Gasteiger partial charge is 0.493 e. The normalized spacial score (nSPS) is 10.2. The molecule has 0 aliphatic heterocycles. The number of ether oxygens (including phenoxy) is 3. The van der Waals surface area contributed by atoms with Crippen molar-refractivity contribution in [1.29, 1.82) is 0 Å². The number of carbonyl (C=O) groups excluding carboxylic acids is 1. The fourth-order valence-corrected chi connectivity index (χ4v) is 2.81. The third kappa shape index (κ3) is 5.95. The molecule has 0 aliphatic carbocycles. The molecular weight excluding hydrogens is 400 g/mol. The summed E-state index contributed by atoms with van der Waals surface area (Å²) in [5.74, 6) is 1.79. The van der Waals surface area contributed by atoms with Crippen LogP contribution >= 0.6 is 0 Å². The summed E-state index contributed by atoms with van der Waals surface area (Å²) < 4.78 is 16.0. The molecule has 0 unspecified atom stereocenters. The van der Waals surface area contributed by atoms with Crippen molar-refractivity contribution in [3.05, 3.63) is 54.4 Å². The van der Waals surface area contributed by atoms with Gasteiger partial charge in [-0.15, -0.1) is 0 Å². The van der Waals surface area contributed by atoms with Crippen molar-refractivity contribution >= 4 is 23.6 Å². The summed E-state index contributed by atoms with van der Waals surface area (Å²) in [6.45, 7) is 0.484. The first-order chi connectivity index (χ1) is 15.1. The highest BCUT2D eigenvalue weighted by Crippen LogP contribution is 2.40. The van der Waals surface area contributed by atoms with Crippen LogP contribution in [0.3, 0.4) is 0 Å². The molecule has 1 aromatic heterocycles. The number of rotatable bonds is 9. The van der Waals surface area contributed by atoms with Crippen LogP contribution in [0.2, 0.25) is 0 Å². The molecule has 3 N–H and O–H groups in total. The number of benzene rings is 2. The first-order valence-corrected chi connectivity index (χ1v) is 9.47. The predicted molar refractivity (Wildman–Crippen MR) is 116 cm³/mol. The number of amides is 2. The zero-order valence-corrected chi connectivity index (χ0v) is 17.5. The maximum atomic E-state index is 12.1. The summed E-state index contributed by atoms with van der Waals surface area (Å²) in [7, 11) is 4.59. The number of hydrogen-bond acceptors (Lipinski definition) is 8. The van der Waals surface area contributed by atoms with Gasteiger partial charge in [-0.2, -0.15) is 4.98 Å². The molecule has 3 rings (SSSR count). The van der Waals surface area contributed by atoms with Crippen LogP contribution in [-0.4, -0.2) is 48.9 Å². The number of carbonyl (C=O) groups is 1. The molecule has 31 heavy (non-hydrogen) atoms. The van der Waals surface area contributed by atoms with Gasteiger partial charge < -0.3 is 24.8 Å². The van der Waals surface area contributed by atoms with Crippen LogP contribution in [0, 0.1) is 0 Å². The molecule has 10 heteroatoms. The van der Waals surface area contributed by atoms with Crippen molar-refractivity contribution in [2.45, 2.75) is 6.42 Å². The highest BCUT2D eigenvalue weighted by Gasteiger charge is 2.14. The molecular formula is C21H24N6O4. The van der Waals surface area contributed by atoms with Gasteiger partial charge in [-0.1, -0.05) is 30.3 Å². The number of nitrogens with one attached hydrogen (secondary N) is 3. The van der Waals surface area contributed by atoms with Gasteiger partial charge in [-0.3, -0.25) is 5.32 Å². The van der Waals surface area contributed by atoms with E-state index in [1.807, 2.05) is 30.3 Å². The molecule has 2 aromatic carbocycles. The van der Waals surface area contributed by atoms with E-state index in [-0.39, 0.29) is 11.9 Å². The summed E-state index contributed by atoms with van der Waals surface area (Å²) in [4.78, 5) is 24.4. The molecule has 10 nitrogen and oxygen atoms in total. The molecule has 0 aliphatic rings. The van der Waals surface area contributed by atoms with E-state index in [4.69, 9.17) is 14.2 Å². The molecule has 0 bridgehead atoms. The smallest absolute Gasteiger partial charge is 0.321 e. The third-order valence-corrected chi connectivity index (χ3v) is 4.26. The number of aromatic nitrogens is 3. The lowest BCUT2D eigenvalue weighted by Crippen LogP contribution is -2.31. The van der Waals surface area contributed by atoms with Crippen molar-refractivity contribution in [1.82, 2.24) is 20.3 Å². The fourth-order valence-electron chi connectivity index (χ4n) is 2.81. The van der Waals surface area contributed by atoms with Crippen molar-refractivity contribution in [2.24, 2.45) is 0 Å². The number of urea groups is 1. The van der Waals surface area contributed by atoms with Gasteiger partial charge in [0.1, 0.15) is 6.33 Å². The summed E-state index contributed by atoms with van der Waals surface area (Å²) >= 11 is 0. The van der Waals surface area contributed by atoms with Crippen molar-refractivity contribution in [3.8, 4) is 17.2 Å². The Hall–Kier alpha value is -4.08. The standard InChI is InChI=1S/C21H24N6O4/c1-29-16-11-15(12-17(30-2)18(16)31-3)25-19-23-13-24-20(26-19)27-21(28)22-10-9-14-7-5-4-6-8-14/h4-8,11-13H,9-10H2,1-3H3,(H3,22,23,24,25,26,27,28). The summed E-state index contributed by atoms with van der Waals surface area (Å²) in [5, 5.41) is 8.40. The molecule has 0 radical (unpaired) electrons. The molecule has 0 atom stereocenters. The maximum absolute atomic E-state index is 12.1. The van der Waals surface area contributed by atoms with Gasteiger partial charge in [0, 0.05) is 24.4 Å². The van der Waals surface area contributed by atoms with Gasteiger partial charge in [0.2, 0.25) is 17.6 Å². The Kier molecular flexibility index (Phi) is 7.41. The average molecular weight is 424 g/mol. The van der Waals surface area contributed by atoms with Crippen LogP contribution in [0.25, 0.3) is 0 Å². The Labute approximate surface area is 180 Å². The topological polar surface area (TPSA) is 120 Å². The van der Waals surface area contributed by atoms with Crippen LogP contribution in [0.15, 0.2) is 48.8 Å². The molecule has 2 amide bonds. The predicted octanol–water partition coefficient (Wildman–Crippen LogP) is 3.01. The van der Waals surface area contributed by atoms with Gasteiger partial charge >= 0.3 is 6.03 Å². The van der Waals surface area contributed by atoms with Gasteiger partial charge in [0.25, 0.3) is 0 Å². The molecule has 162 valence electrons. The van der Waals surface area contributed by atoms with E-state index in [9.17, 15) is 4.79 Å². The van der Waals surface area contributed by atoms with Crippen LogP contribution in [0.1, 0.15) is 5.56 Å². The average Bonchev–Trinajstić information content (AvgIpc) is 2.79. The van der Waals surface area contributed by atoms with E-state index in [0.29, 0.717) is 29.5 Å². The lowest BCUT2D eigenvalue weighted by Gasteiger charge is -2.14. The Bertz CT molecular complexity index is 991. The van der Waals surface area contributed by atoms with E-state index < -0.39 is 6.03 Å². The van der Waals surface area contributed by atoms with Crippen LogP contribution in [0.4, 0.5) is 22.4 Å². The number of methoxy groups -OCH3 is 3. The zero-order valence-electron chi connectivity index (χ0n) is 17.5. The van der Waals surface area contributed by atoms with Gasteiger partial charge in [-0.05, 0) is 12.0 Å². The quantitative estimate of drug-likeness (QED) is 0.480. The maximum Gasteiger partial charge on any atom is 0.321 e. The van der Waals surface area contributed by atoms with Crippen molar-refractivity contribution in [2.75, 3.05) is 38.5 Å². The molecule has 3 aromatic rings. The molecule has 0 spiro atoms. The van der Waals surface area contributed by atoms with E-state index >= 15 is 0 Å². The Morgan fingerprint density at radius 2 is 1.61 bits per heavy atom. The zero-order chi connectivity index (χ0) is 22.1. The first-order valence-electron chi connectivity index (χ1n) is 9.47. The van der Waals surface area contributed by atoms with E-state index in [1.165, 1.54) is 27.7 Å². The second-order valence-electron chi connectivity index (χ2n) is 6.29. The van der Waals surface area contributed by atoms with Gasteiger partial charge in [0.05, 0.1) is 21.3 Å². The third-order valence-electron chi connectivity index (χ3n) is 4.26. The number of hydrogen-bond donors (Lipinski definition) is 3. The summed E-state index contributed by atoms with van der Waals surface area (Å²) in [6, 6.07) is 12.9. The van der Waals surface area contributed by atoms with E-state index in [1.54, 1.807) is 12.1 Å². The van der Waals surface area contributed by atoms with Crippen LogP contribution < -0.4 is 30.2 Å². The minimum absolute atomic E-state index is 0.113. The Morgan fingerprint density at radius 3 is 2.26 bits per heavy atom. The molecule has 0 saturated heterocycles. The van der Waals surface area contributed by atoms with Gasteiger partial charge in [-0.25, -0.2) is 14.8 Å². The second-order valence-corrected chi connectivity index (χ2v) is 6.29. The molecule has 1 heterocycles. The summed E-state index contributed by atoms with van der Waals surface area (Å²) in [5.41, 5.74) is 1.75. The molecule has 0 fully saturated rings.